The van der Waals surface area contributed by atoms with Crippen molar-refractivity contribution in [1.29, 1.82) is 0 Å². The molecule has 174 valence electrons. The van der Waals surface area contributed by atoms with Gasteiger partial charge in [-0.1, -0.05) is 23.7 Å². The molecule has 0 spiro atoms. The van der Waals surface area contributed by atoms with Crippen LogP contribution in [0.25, 0.3) is 11.0 Å². The zero-order valence-corrected chi connectivity index (χ0v) is 18.2. The lowest BCUT2D eigenvalue weighted by Gasteiger charge is -2.10. The van der Waals surface area contributed by atoms with Crippen LogP contribution in [0.2, 0.25) is 5.02 Å². The maximum absolute atomic E-state index is 14.5. The van der Waals surface area contributed by atoms with Crippen LogP contribution >= 0.6 is 11.6 Å². The summed E-state index contributed by atoms with van der Waals surface area (Å²) < 4.78 is 39.1. The van der Waals surface area contributed by atoms with Gasteiger partial charge in [0.25, 0.3) is 5.91 Å². The van der Waals surface area contributed by atoms with Crippen molar-refractivity contribution < 1.29 is 22.7 Å². The highest BCUT2D eigenvalue weighted by molar-refractivity contribution is 6.31. The number of fused-ring (bicyclic) bond motifs is 1. The van der Waals surface area contributed by atoms with E-state index in [-0.39, 0.29) is 39.6 Å². The number of hydrogen-bond acceptors (Lipinski definition) is 6. The van der Waals surface area contributed by atoms with Crippen LogP contribution in [-0.4, -0.2) is 11.7 Å². The topological polar surface area (TPSA) is 128 Å². The fourth-order valence-electron chi connectivity index (χ4n) is 3.24. The van der Waals surface area contributed by atoms with Crippen LogP contribution in [0.3, 0.4) is 0 Å². The summed E-state index contributed by atoms with van der Waals surface area (Å²) in [4.78, 5) is 12.7. The van der Waals surface area contributed by atoms with Gasteiger partial charge in [-0.05, 0) is 42.5 Å². The Labute approximate surface area is 197 Å². The average molecular weight is 486 g/mol. The second-order valence-electron chi connectivity index (χ2n) is 7.08. The van der Waals surface area contributed by atoms with E-state index in [1.54, 1.807) is 36.4 Å². The number of furan rings is 1. The summed E-state index contributed by atoms with van der Waals surface area (Å²) in [6, 6.07) is 13.5. The third kappa shape index (κ3) is 4.63. The van der Waals surface area contributed by atoms with E-state index in [0.29, 0.717) is 17.0 Å². The molecular formula is C23H18ClF2N5O3. The van der Waals surface area contributed by atoms with Gasteiger partial charge in [0.15, 0.2) is 5.84 Å². The van der Waals surface area contributed by atoms with Gasteiger partial charge in [-0.25, -0.2) is 14.6 Å². The Balaban J connectivity index is 1.46. The quantitative estimate of drug-likeness (QED) is 0.140. The number of hydrazine groups is 1. The number of nitrogens with two attached hydrogens (primary N) is 2. The van der Waals surface area contributed by atoms with Crippen molar-refractivity contribution >= 4 is 40.0 Å². The molecule has 34 heavy (non-hydrogen) atoms. The van der Waals surface area contributed by atoms with E-state index in [1.807, 2.05) is 0 Å². The van der Waals surface area contributed by atoms with Gasteiger partial charge in [-0.2, -0.15) is 5.10 Å². The summed E-state index contributed by atoms with van der Waals surface area (Å²) in [6.07, 6.45) is 1.22. The highest BCUT2D eigenvalue weighted by Gasteiger charge is 2.19. The van der Waals surface area contributed by atoms with Crippen LogP contribution < -0.4 is 27.2 Å². The van der Waals surface area contributed by atoms with Crippen LogP contribution in [0.5, 0.6) is 5.75 Å². The van der Waals surface area contributed by atoms with Gasteiger partial charge in [0.1, 0.15) is 35.8 Å². The molecule has 3 aromatic carbocycles. The first kappa shape index (κ1) is 23.0. The van der Waals surface area contributed by atoms with E-state index in [9.17, 15) is 13.6 Å². The molecule has 0 saturated carbocycles. The molecule has 1 aromatic heterocycles. The van der Waals surface area contributed by atoms with Gasteiger partial charge in [0.2, 0.25) is 0 Å². The standard InChI is InChI=1S/C23H18ClF2N5O3/c24-21-12(2-1-3-18(21)25)10-33-14-6-4-13(5-7-14)29-23(32)17-11-34-20-9-16(22(30-27)31-28)19(26)8-15(17)20/h1-9,11H,10,27-28H2,(H,29,32)(H,30,31). The minimum Gasteiger partial charge on any atom is -0.489 e. The first-order valence-corrected chi connectivity index (χ1v) is 10.2. The zero-order chi connectivity index (χ0) is 24.2. The molecule has 0 aliphatic carbocycles. The second-order valence-corrected chi connectivity index (χ2v) is 7.46. The number of ether oxygens (including phenoxy) is 1. The van der Waals surface area contributed by atoms with E-state index in [4.69, 9.17) is 32.4 Å². The van der Waals surface area contributed by atoms with Crippen molar-refractivity contribution in [2.24, 2.45) is 16.8 Å². The molecule has 4 aromatic rings. The normalized spacial score (nSPS) is 11.5. The van der Waals surface area contributed by atoms with Crippen LogP contribution in [0.15, 0.2) is 70.4 Å². The van der Waals surface area contributed by atoms with Crippen LogP contribution in [0.4, 0.5) is 14.5 Å². The maximum atomic E-state index is 14.5. The minimum absolute atomic E-state index is 0.00562. The number of halogens is 3. The molecule has 6 N–H and O–H groups in total. The maximum Gasteiger partial charge on any atom is 0.259 e. The number of hydrazone groups is 1. The molecule has 0 aliphatic rings. The van der Waals surface area contributed by atoms with Crippen LogP contribution in [0.1, 0.15) is 21.5 Å². The predicted octanol–water partition coefficient (Wildman–Crippen LogP) is 4.28. The fourth-order valence-corrected chi connectivity index (χ4v) is 3.42. The Morgan fingerprint density at radius 1 is 1.09 bits per heavy atom. The van der Waals surface area contributed by atoms with E-state index in [0.717, 1.165) is 6.07 Å². The summed E-state index contributed by atoms with van der Waals surface area (Å²) in [6.45, 7) is 0.0765. The molecule has 0 saturated heterocycles. The SMILES string of the molecule is N/N=C(\NN)c1cc2occ(C(=O)Nc3ccc(OCc4cccc(F)c4Cl)cc3)c2cc1F. The highest BCUT2D eigenvalue weighted by Crippen LogP contribution is 2.27. The molecule has 8 nitrogen and oxygen atoms in total. The first-order valence-electron chi connectivity index (χ1n) is 9.84. The van der Waals surface area contributed by atoms with Crippen molar-refractivity contribution in [2.75, 3.05) is 5.32 Å². The summed E-state index contributed by atoms with van der Waals surface area (Å²) in [5.41, 5.74) is 3.55. The minimum atomic E-state index is -0.690. The van der Waals surface area contributed by atoms with E-state index < -0.39 is 17.5 Å². The number of nitrogens with zero attached hydrogens (tertiary/aromatic N) is 1. The number of carbonyl (C=O) groups excluding carboxylic acids is 1. The monoisotopic (exact) mass is 485 g/mol. The molecule has 0 fully saturated rings. The smallest absolute Gasteiger partial charge is 0.259 e. The van der Waals surface area contributed by atoms with Crippen molar-refractivity contribution in [1.82, 2.24) is 5.43 Å². The fraction of sp³-hybridized carbons (Fsp3) is 0.0435. The van der Waals surface area contributed by atoms with Crippen molar-refractivity contribution in [3.8, 4) is 5.75 Å². The Hall–Kier alpha value is -4.15. The molecule has 0 unspecified atom stereocenters. The van der Waals surface area contributed by atoms with Crippen LogP contribution in [0, 0.1) is 11.6 Å². The van der Waals surface area contributed by atoms with Crippen molar-refractivity contribution in [3.05, 3.63) is 94.2 Å². The van der Waals surface area contributed by atoms with E-state index in [1.165, 1.54) is 18.4 Å². The Kier molecular flexibility index (Phi) is 6.62. The van der Waals surface area contributed by atoms with Gasteiger partial charge in [-0.3, -0.25) is 4.79 Å². The number of benzene rings is 3. The average Bonchev–Trinajstić information content (AvgIpc) is 3.24. The highest BCUT2D eigenvalue weighted by atomic mass is 35.5. The molecular weight excluding hydrogens is 468 g/mol. The molecule has 0 radical (unpaired) electrons. The molecule has 0 aliphatic heterocycles. The lowest BCUT2D eigenvalue weighted by Crippen LogP contribution is -2.32. The zero-order valence-electron chi connectivity index (χ0n) is 17.4. The molecule has 0 bridgehead atoms. The number of rotatable bonds is 6. The number of carbonyl (C=O) groups is 1. The van der Waals surface area contributed by atoms with Crippen LogP contribution in [-0.2, 0) is 6.61 Å². The molecule has 0 atom stereocenters. The van der Waals surface area contributed by atoms with Gasteiger partial charge in [0, 0.05) is 16.6 Å². The van der Waals surface area contributed by atoms with Gasteiger partial charge < -0.3 is 25.7 Å². The van der Waals surface area contributed by atoms with E-state index in [2.05, 4.69) is 15.8 Å². The molecule has 4 rings (SSSR count). The molecule has 1 amide bonds. The third-order valence-electron chi connectivity index (χ3n) is 4.97. The molecule has 11 heteroatoms. The second kappa shape index (κ2) is 9.77. The Morgan fingerprint density at radius 2 is 1.85 bits per heavy atom. The first-order chi connectivity index (χ1) is 16.4. The van der Waals surface area contributed by atoms with E-state index >= 15 is 0 Å². The summed E-state index contributed by atoms with van der Waals surface area (Å²) in [7, 11) is 0. The molecule has 1 heterocycles. The summed E-state index contributed by atoms with van der Waals surface area (Å²) in [5, 5.41) is 6.35. The van der Waals surface area contributed by atoms with Crippen molar-refractivity contribution in [2.45, 2.75) is 6.61 Å². The lowest BCUT2D eigenvalue weighted by atomic mass is 10.1. The lowest BCUT2D eigenvalue weighted by molar-refractivity contribution is 0.102. The number of nitrogens with one attached hydrogen (secondary N) is 2. The number of anilines is 1. The summed E-state index contributed by atoms with van der Waals surface area (Å²) >= 11 is 5.93. The Bertz CT molecular complexity index is 1390. The largest absolute Gasteiger partial charge is 0.489 e. The number of hydrogen-bond donors (Lipinski definition) is 4. The van der Waals surface area contributed by atoms with Gasteiger partial charge >= 0.3 is 0 Å². The summed E-state index contributed by atoms with van der Waals surface area (Å²) in [5.74, 6) is 9.18. The Morgan fingerprint density at radius 3 is 2.56 bits per heavy atom. The van der Waals surface area contributed by atoms with Gasteiger partial charge in [0.05, 0.1) is 16.1 Å². The number of amidine groups is 1. The predicted molar refractivity (Wildman–Crippen MR) is 124 cm³/mol. The van der Waals surface area contributed by atoms with Gasteiger partial charge in [-0.15, -0.1) is 0 Å². The van der Waals surface area contributed by atoms with Crippen molar-refractivity contribution in [3.63, 3.8) is 0 Å². The number of amides is 1. The third-order valence-corrected chi connectivity index (χ3v) is 5.39.